The maximum atomic E-state index is 12.1. The largest absolute Gasteiger partial charge is 0.356 e. The van der Waals surface area contributed by atoms with Crippen LogP contribution in [0.4, 0.5) is 0 Å². The molecule has 0 atom stereocenters. The molecule has 4 aromatic rings. The number of carbonyl (C=O) groups excluding carboxylic acids is 1. The summed E-state index contributed by atoms with van der Waals surface area (Å²) >= 11 is 0. The summed E-state index contributed by atoms with van der Waals surface area (Å²) in [6, 6.07) is 11.8. The van der Waals surface area contributed by atoms with Crippen molar-refractivity contribution in [2.75, 3.05) is 6.54 Å². The SMILES string of the molecule is Cc1nn(-c2ccccc2)cc1CCCNC(=O)Cc1nc2ncccn2n1. The van der Waals surface area contributed by atoms with Gasteiger partial charge >= 0.3 is 0 Å². The number of rotatable bonds is 7. The Bertz CT molecular complexity index is 1050. The van der Waals surface area contributed by atoms with Gasteiger partial charge in [-0.1, -0.05) is 18.2 Å². The second-order valence-electron chi connectivity index (χ2n) is 6.54. The van der Waals surface area contributed by atoms with Crippen molar-refractivity contribution in [1.29, 1.82) is 0 Å². The van der Waals surface area contributed by atoms with Gasteiger partial charge in [0.25, 0.3) is 5.78 Å². The van der Waals surface area contributed by atoms with Crippen molar-refractivity contribution < 1.29 is 4.79 Å². The van der Waals surface area contributed by atoms with Crippen LogP contribution in [0.15, 0.2) is 55.0 Å². The molecule has 0 bridgehead atoms. The lowest BCUT2D eigenvalue weighted by Crippen LogP contribution is -2.26. The zero-order chi connectivity index (χ0) is 19.3. The number of para-hydroxylation sites is 1. The minimum Gasteiger partial charge on any atom is -0.356 e. The highest BCUT2D eigenvalue weighted by Gasteiger charge is 2.10. The molecule has 28 heavy (non-hydrogen) atoms. The maximum Gasteiger partial charge on any atom is 0.252 e. The Labute approximate surface area is 162 Å². The topological polar surface area (TPSA) is 90.0 Å². The summed E-state index contributed by atoms with van der Waals surface area (Å²) in [6.45, 7) is 2.61. The zero-order valence-corrected chi connectivity index (χ0v) is 15.6. The third kappa shape index (κ3) is 4.06. The van der Waals surface area contributed by atoms with Crippen LogP contribution in [0.5, 0.6) is 0 Å². The van der Waals surface area contributed by atoms with Crippen molar-refractivity contribution in [2.45, 2.75) is 26.2 Å². The van der Waals surface area contributed by atoms with Crippen LogP contribution in [0.25, 0.3) is 11.5 Å². The van der Waals surface area contributed by atoms with Gasteiger partial charge in [0, 0.05) is 25.1 Å². The molecule has 8 nitrogen and oxygen atoms in total. The lowest BCUT2D eigenvalue weighted by Gasteiger charge is -2.03. The fourth-order valence-corrected chi connectivity index (χ4v) is 3.02. The van der Waals surface area contributed by atoms with Crippen LogP contribution in [-0.4, -0.2) is 41.8 Å². The van der Waals surface area contributed by atoms with Crippen molar-refractivity contribution in [1.82, 2.24) is 34.7 Å². The van der Waals surface area contributed by atoms with Crippen LogP contribution in [0.2, 0.25) is 0 Å². The number of fused-ring (bicyclic) bond motifs is 1. The molecule has 0 spiro atoms. The van der Waals surface area contributed by atoms with Crippen LogP contribution in [0, 0.1) is 6.92 Å². The van der Waals surface area contributed by atoms with E-state index in [9.17, 15) is 4.79 Å². The molecule has 0 unspecified atom stereocenters. The van der Waals surface area contributed by atoms with Gasteiger partial charge in [-0.3, -0.25) is 4.79 Å². The van der Waals surface area contributed by atoms with Gasteiger partial charge in [-0.25, -0.2) is 14.2 Å². The Hall–Kier alpha value is -3.55. The fraction of sp³-hybridized carbons (Fsp3) is 0.250. The second-order valence-corrected chi connectivity index (χ2v) is 6.54. The summed E-state index contributed by atoms with van der Waals surface area (Å²) in [6.07, 6.45) is 7.31. The smallest absolute Gasteiger partial charge is 0.252 e. The van der Waals surface area contributed by atoms with Gasteiger partial charge in [0.05, 0.1) is 17.8 Å². The van der Waals surface area contributed by atoms with E-state index in [0.717, 1.165) is 24.2 Å². The molecule has 0 radical (unpaired) electrons. The molecule has 0 aliphatic carbocycles. The van der Waals surface area contributed by atoms with Gasteiger partial charge in [-0.15, -0.1) is 5.10 Å². The lowest BCUT2D eigenvalue weighted by molar-refractivity contribution is -0.120. The minimum atomic E-state index is -0.0902. The number of amides is 1. The van der Waals surface area contributed by atoms with Crippen LogP contribution >= 0.6 is 0 Å². The first-order valence-electron chi connectivity index (χ1n) is 9.22. The molecule has 0 saturated carbocycles. The molecule has 0 saturated heterocycles. The standard InChI is InChI=1S/C20H21N7O/c1-15-16(14-27(24-15)17-8-3-2-4-9-17)7-5-10-21-19(28)13-18-23-20-22-11-6-12-26(20)25-18/h2-4,6,8-9,11-12,14H,5,7,10,13H2,1H3,(H,21,28). The van der Waals surface area contributed by atoms with E-state index in [-0.39, 0.29) is 12.3 Å². The maximum absolute atomic E-state index is 12.1. The van der Waals surface area contributed by atoms with E-state index in [2.05, 4.69) is 31.7 Å². The highest BCUT2D eigenvalue weighted by molar-refractivity contribution is 5.77. The highest BCUT2D eigenvalue weighted by Crippen LogP contribution is 2.13. The molecule has 142 valence electrons. The second kappa shape index (κ2) is 7.99. The van der Waals surface area contributed by atoms with E-state index in [0.29, 0.717) is 18.1 Å². The fourth-order valence-electron chi connectivity index (χ4n) is 3.02. The average molecular weight is 375 g/mol. The molecule has 1 amide bonds. The number of carbonyl (C=O) groups is 1. The highest BCUT2D eigenvalue weighted by atomic mass is 16.1. The number of nitrogens with one attached hydrogen (secondary N) is 1. The Balaban J connectivity index is 1.26. The van der Waals surface area contributed by atoms with Gasteiger partial charge in [0.2, 0.25) is 5.91 Å². The number of hydrogen-bond acceptors (Lipinski definition) is 5. The van der Waals surface area contributed by atoms with E-state index in [1.807, 2.05) is 41.9 Å². The first kappa shape index (κ1) is 17.8. The molecular formula is C20H21N7O. The van der Waals surface area contributed by atoms with Crippen molar-refractivity contribution in [3.05, 3.63) is 72.1 Å². The number of hydrogen-bond donors (Lipinski definition) is 1. The Kier molecular flexibility index (Phi) is 5.09. The molecular weight excluding hydrogens is 354 g/mol. The molecule has 0 aliphatic heterocycles. The Morgan fingerprint density at radius 1 is 1.14 bits per heavy atom. The molecule has 4 rings (SSSR count). The molecule has 1 aromatic carbocycles. The molecule has 3 aromatic heterocycles. The summed E-state index contributed by atoms with van der Waals surface area (Å²) in [5.41, 5.74) is 3.24. The van der Waals surface area contributed by atoms with Crippen molar-refractivity contribution in [3.8, 4) is 5.69 Å². The third-order valence-electron chi connectivity index (χ3n) is 4.45. The van der Waals surface area contributed by atoms with Gasteiger partial charge in [-0.2, -0.15) is 10.1 Å². The molecule has 0 fully saturated rings. The number of benzene rings is 1. The van der Waals surface area contributed by atoms with Gasteiger partial charge in [0.1, 0.15) is 0 Å². The van der Waals surface area contributed by atoms with E-state index < -0.39 is 0 Å². The van der Waals surface area contributed by atoms with Crippen molar-refractivity contribution in [3.63, 3.8) is 0 Å². The summed E-state index contributed by atoms with van der Waals surface area (Å²) in [5, 5.41) is 11.7. The normalized spacial score (nSPS) is 11.0. The predicted octanol–water partition coefficient (Wildman–Crippen LogP) is 1.91. The van der Waals surface area contributed by atoms with Crippen LogP contribution in [-0.2, 0) is 17.6 Å². The number of nitrogens with zero attached hydrogens (tertiary/aromatic N) is 6. The summed E-state index contributed by atoms with van der Waals surface area (Å²) in [5.74, 6) is 0.875. The molecule has 3 heterocycles. The van der Waals surface area contributed by atoms with Gasteiger partial charge in [-0.05, 0) is 43.5 Å². The third-order valence-corrected chi connectivity index (χ3v) is 4.45. The van der Waals surface area contributed by atoms with E-state index in [1.54, 1.807) is 23.0 Å². The predicted molar refractivity (Wildman–Crippen MR) is 104 cm³/mol. The van der Waals surface area contributed by atoms with Crippen molar-refractivity contribution in [2.24, 2.45) is 0 Å². The zero-order valence-electron chi connectivity index (χ0n) is 15.6. The first-order valence-corrected chi connectivity index (χ1v) is 9.22. The number of aromatic nitrogens is 6. The van der Waals surface area contributed by atoms with Crippen LogP contribution < -0.4 is 5.32 Å². The van der Waals surface area contributed by atoms with Crippen LogP contribution in [0.1, 0.15) is 23.5 Å². The summed E-state index contributed by atoms with van der Waals surface area (Å²) in [4.78, 5) is 20.5. The van der Waals surface area contributed by atoms with E-state index >= 15 is 0 Å². The monoisotopic (exact) mass is 375 g/mol. The molecule has 0 aliphatic rings. The van der Waals surface area contributed by atoms with E-state index in [4.69, 9.17) is 0 Å². The van der Waals surface area contributed by atoms with Crippen LogP contribution in [0.3, 0.4) is 0 Å². The molecule has 1 N–H and O–H groups in total. The number of aryl methyl sites for hydroxylation is 2. The Morgan fingerprint density at radius 3 is 2.82 bits per heavy atom. The quantitative estimate of drug-likeness (QED) is 0.498. The van der Waals surface area contributed by atoms with Crippen molar-refractivity contribution >= 4 is 11.7 Å². The average Bonchev–Trinajstić information content (AvgIpc) is 3.28. The summed E-state index contributed by atoms with van der Waals surface area (Å²) < 4.78 is 3.46. The Morgan fingerprint density at radius 2 is 2.00 bits per heavy atom. The lowest BCUT2D eigenvalue weighted by atomic mass is 10.1. The van der Waals surface area contributed by atoms with Gasteiger partial charge in [0.15, 0.2) is 5.82 Å². The summed E-state index contributed by atoms with van der Waals surface area (Å²) in [7, 11) is 0. The first-order chi connectivity index (χ1) is 13.7. The van der Waals surface area contributed by atoms with E-state index in [1.165, 1.54) is 5.56 Å². The molecule has 8 heteroatoms. The van der Waals surface area contributed by atoms with Gasteiger partial charge < -0.3 is 5.32 Å². The minimum absolute atomic E-state index is 0.0902.